The molecular formula is C21H33N5O2. The van der Waals surface area contributed by atoms with Crippen molar-refractivity contribution < 1.29 is 9.53 Å². The molecule has 0 unspecified atom stereocenters. The molecule has 0 spiro atoms. The number of guanidine groups is 1. The molecule has 1 aliphatic carbocycles. The average molecular weight is 388 g/mol. The number of anilines is 1. The van der Waals surface area contributed by atoms with Gasteiger partial charge in [0.2, 0.25) is 5.91 Å². The van der Waals surface area contributed by atoms with Crippen molar-refractivity contribution >= 4 is 17.6 Å². The summed E-state index contributed by atoms with van der Waals surface area (Å²) in [5, 5.41) is 6.48. The predicted molar refractivity (Wildman–Crippen MR) is 113 cm³/mol. The number of nitrogens with one attached hydrogen (secondary N) is 2. The first-order chi connectivity index (χ1) is 13.7. The number of hydrogen-bond donors (Lipinski definition) is 2. The summed E-state index contributed by atoms with van der Waals surface area (Å²) >= 11 is 0. The van der Waals surface area contributed by atoms with Crippen LogP contribution in [0.2, 0.25) is 0 Å². The molecule has 1 saturated heterocycles. The Labute approximate surface area is 168 Å². The van der Waals surface area contributed by atoms with E-state index in [-0.39, 0.29) is 5.91 Å². The van der Waals surface area contributed by atoms with Crippen molar-refractivity contribution in [3.8, 4) is 5.75 Å². The van der Waals surface area contributed by atoms with Crippen LogP contribution in [0, 0.1) is 0 Å². The van der Waals surface area contributed by atoms with E-state index < -0.39 is 0 Å². The van der Waals surface area contributed by atoms with Gasteiger partial charge in [0, 0.05) is 64.0 Å². The van der Waals surface area contributed by atoms with Crippen molar-refractivity contribution in [2.75, 3.05) is 51.8 Å². The molecule has 2 aliphatic rings. The third-order valence-corrected chi connectivity index (χ3v) is 5.56. The molecule has 1 amide bonds. The molecule has 1 aromatic rings. The zero-order chi connectivity index (χ0) is 19.8. The summed E-state index contributed by atoms with van der Waals surface area (Å²) in [4.78, 5) is 21.1. The fourth-order valence-electron chi connectivity index (χ4n) is 3.97. The van der Waals surface area contributed by atoms with Crippen molar-refractivity contribution in [1.29, 1.82) is 0 Å². The minimum Gasteiger partial charge on any atom is -0.497 e. The second-order valence-corrected chi connectivity index (χ2v) is 7.45. The lowest BCUT2D eigenvalue weighted by Gasteiger charge is -2.37. The van der Waals surface area contributed by atoms with E-state index in [0.29, 0.717) is 19.0 Å². The number of aliphatic imine (C=N–C) groups is 1. The van der Waals surface area contributed by atoms with Crippen molar-refractivity contribution in [2.24, 2.45) is 4.99 Å². The van der Waals surface area contributed by atoms with E-state index in [2.05, 4.69) is 37.6 Å². The third kappa shape index (κ3) is 5.53. The average Bonchev–Trinajstić information content (AvgIpc) is 3.24. The monoisotopic (exact) mass is 387 g/mol. The van der Waals surface area contributed by atoms with Gasteiger partial charge in [0.25, 0.3) is 0 Å². The van der Waals surface area contributed by atoms with Crippen LogP contribution in [0.3, 0.4) is 0 Å². The SMILES string of the molecule is CN=C(NCCC(=O)NC1CCCC1)N1CCN(c2cccc(OC)c2)CC1. The Bertz CT molecular complexity index is 665. The highest BCUT2D eigenvalue weighted by Crippen LogP contribution is 2.22. The minimum atomic E-state index is 0.137. The van der Waals surface area contributed by atoms with Crippen LogP contribution in [-0.4, -0.2) is 69.7 Å². The molecule has 7 heteroatoms. The molecule has 0 radical (unpaired) electrons. The zero-order valence-corrected chi connectivity index (χ0v) is 17.1. The number of carbonyl (C=O) groups is 1. The van der Waals surface area contributed by atoms with Gasteiger partial charge in [-0.3, -0.25) is 9.79 Å². The van der Waals surface area contributed by atoms with Gasteiger partial charge in [-0.05, 0) is 25.0 Å². The lowest BCUT2D eigenvalue weighted by molar-refractivity contribution is -0.121. The van der Waals surface area contributed by atoms with E-state index in [9.17, 15) is 4.79 Å². The van der Waals surface area contributed by atoms with Gasteiger partial charge >= 0.3 is 0 Å². The van der Waals surface area contributed by atoms with Crippen LogP contribution in [-0.2, 0) is 4.79 Å². The maximum absolute atomic E-state index is 12.1. The second kappa shape index (κ2) is 10.2. The molecule has 0 aromatic heterocycles. The Morgan fingerprint density at radius 3 is 2.64 bits per heavy atom. The number of hydrogen-bond acceptors (Lipinski definition) is 4. The summed E-state index contributed by atoms with van der Waals surface area (Å²) in [6, 6.07) is 8.57. The van der Waals surface area contributed by atoms with Gasteiger partial charge in [-0.2, -0.15) is 0 Å². The van der Waals surface area contributed by atoms with Gasteiger partial charge in [0.15, 0.2) is 5.96 Å². The second-order valence-electron chi connectivity index (χ2n) is 7.45. The number of carbonyl (C=O) groups excluding carboxylic acids is 1. The summed E-state index contributed by atoms with van der Waals surface area (Å²) in [7, 11) is 3.50. The molecule has 2 N–H and O–H groups in total. The predicted octanol–water partition coefficient (Wildman–Crippen LogP) is 1.84. The smallest absolute Gasteiger partial charge is 0.221 e. The highest BCUT2D eigenvalue weighted by Gasteiger charge is 2.21. The summed E-state index contributed by atoms with van der Waals surface area (Å²) in [5.41, 5.74) is 1.19. The lowest BCUT2D eigenvalue weighted by atomic mass is 10.2. The van der Waals surface area contributed by atoms with Crippen molar-refractivity contribution in [2.45, 2.75) is 38.1 Å². The molecule has 28 heavy (non-hydrogen) atoms. The molecule has 3 rings (SSSR count). The highest BCUT2D eigenvalue weighted by atomic mass is 16.5. The van der Waals surface area contributed by atoms with E-state index in [1.807, 2.05) is 12.1 Å². The van der Waals surface area contributed by atoms with Crippen LogP contribution in [0.15, 0.2) is 29.3 Å². The van der Waals surface area contributed by atoms with Crippen LogP contribution >= 0.6 is 0 Å². The molecule has 2 fully saturated rings. The van der Waals surface area contributed by atoms with Gasteiger partial charge < -0.3 is 25.2 Å². The Morgan fingerprint density at radius 2 is 1.96 bits per heavy atom. The summed E-state index contributed by atoms with van der Waals surface area (Å²) in [5.74, 6) is 1.89. The zero-order valence-electron chi connectivity index (χ0n) is 17.1. The van der Waals surface area contributed by atoms with E-state index in [1.54, 1.807) is 14.2 Å². The number of benzene rings is 1. The van der Waals surface area contributed by atoms with Gasteiger partial charge in [0.05, 0.1) is 7.11 Å². The maximum Gasteiger partial charge on any atom is 0.221 e. The highest BCUT2D eigenvalue weighted by molar-refractivity contribution is 5.81. The molecule has 1 aromatic carbocycles. The van der Waals surface area contributed by atoms with Crippen molar-refractivity contribution in [3.05, 3.63) is 24.3 Å². The van der Waals surface area contributed by atoms with E-state index >= 15 is 0 Å². The van der Waals surface area contributed by atoms with Crippen LogP contribution in [0.25, 0.3) is 0 Å². The van der Waals surface area contributed by atoms with Crippen molar-refractivity contribution in [3.63, 3.8) is 0 Å². The summed E-state index contributed by atoms with van der Waals surface area (Å²) in [6.07, 6.45) is 5.20. The maximum atomic E-state index is 12.1. The molecule has 1 heterocycles. The molecule has 1 aliphatic heterocycles. The first-order valence-corrected chi connectivity index (χ1v) is 10.3. The van der Waals surface area contributed by atoms with Crippen LogP contribution in [0.5, 0.6) is 5.75 Å². The quantitative estimate of drug-likeness (QED) is 0.576. The molecule has 0 atom stereocenters. The summed E-state index contributed by atoms with van der Waals surface area (Å²) < 4.78 is 5.33. The number of piperazine rings is 1. The van der Waals surface area contributed by atoms with E-state index in [1.165, 1.54) is 18.5 Å². The Morgan fingerprint density at radius 1 is 1.21 bits per heavy atom. The Kier molecular flexibility index (Phi) is 7.39. The Balaban J connectivity index is 1.41. The van der Waals surface area contributed by atoms with Gasteiger partial charge in [-0.15, -0.1) is 0 Å². The first-order valence-electron chi connectivity index (χ1n) is 10.3. The molecule has 154 valence electrons. The first kappa shape index (κ1) is 20.3. The van der Waals surface area contributed by atoms with Crippen molar-refractivity contribution in [1.82, 2.24) is 15.5 Å². The van der Waals surface area contributed by atoms with Gasteiger partial charge in [-0.25, -0.2) is 0 Å². The fourth-order valence-corrected chi connectivity index (χ4v) is 3.97. The molecule has 0 bridgehead atoms. The van der Waals surface area contributed by atoms with Gasteiger partial charge in [-0.1, -0.05) is 18.9 Å². The molecule has 1 saturated carbocycles. The Hall–Kier alpha value is -2.44. The number of ether oxygens (including phenoxy) is 1. The minimum absolute atomic E-state index is 0.137. The fraction of sp³-hybridized carbons (Fsp3) is 0.619. The summed E-state index contributed by atoms with van der Waals surface area (Å²) in [6.45, 7) is 4.25. The molecular weight excluding hydrogens is 354 g/mol. The number of rotatable bonds is 6. The van der Waals surface area contributed by atoms with E-state index in [0.717, 1.165) is 50.7 Å². The van der Waals surface area contributed by atoms with Crippen LogP contribution in [0.4, 0.5) is 5.69 Å². The van der Waals surface area contributed by atoms with Crippen LogP contribution < -0.4 is 20.3 Å². The van der Waals surface area contributed by atoms with Gasteiger partial charge in [0.1, 0.15) is 5.75 Å². The third-order valence-electron chi connectivity index (χ3n) is 5.56. The molecule has 7 nitrogen and oxygen atoms in total. The number of nitrogens with zero attached hydrogens (tertiary/aromatic N) is 3. The number of methoxy groups -OCH3 is 1. The lowest BCUT2D eigenvalue weighted by Crippen LogP contribution is -2.53. The topological polar surface area (TPSA) is 69.2 Å². The standard InChI is InChI=1S/C21H33N5O2/c1-22-21(23-11-10-20(27)24-17-6-3-4-7-17)26-14-12-25(13-15-26)18-8-5-9-19(16-18)28-2/h5,8-9,16-17H,3-4,6-7,10-15H2,1-2H3,(H,22,23)(H,24,27). The van der Waals surface area contributed by atoms with Crippen LogP contribution in [0.1, 0.15) is 32.1 Å². The largest absolute Gasteiger partial charge is 0.497 e. The van der Waals surface area contributed by atoms with E-state index in [4.69, 9.17) is 4.74 Å². The number of amides is 1. The normalized spacial score (nSPS) is 18.3.